The molecule has 0 atom stereocenters. The fourth-order valence-corrected chi connectivity index (χ4v) is 1.30. The molecule has 1 aliphatic heterocycles. The van der Waals surface area contributed by atoms with Gasteiger partial charge in [0, 0.05) is 19.6 Å². The molecule has 0 saturated carbocycles. The summed E-state index contributed by atoms with van der Waals surface area (Å²) in [5.41, 5.74) is 0. The van der Waals surface area contributed by atoms with Gasteiger partial charge in [0.1, 0.15) is 0 Å². The Morgan fingerprint density at radius 1 is 1.60 bits per heavy atom. The Bertz CT molecular complexity index is 196. The number of nitrogens with one attached hydrogen (secondary N) is 2. The zero-order valence-electron chi connectivity index (χ0n) is 5.92. The quantitative estimate of drug-likeness (QED) is 0.548. The molecule has 2 N–H and O–H groups in total. The SMILES string of the molecule is CS(=O)(=O)NCC1CNC1. The molecule has 1 rings (SSSR count). The average Bonchev–Trinajstić information content (AvgIpc) is 1.56. The van der Waals surface area contributed by atoms with Crippen LogP contribution >= 0.6 is 0 Å². The summed E-state index contributed by atoms with van der Waals surface area (Å²) in [5.74, 6) is 0.495. The molecule has 0 unspecified atom stereocenters. The molecular formula is C5H12N2O2S. The zero-order chi connectivity index (χ0) is 7.61. The van der Waals surface area contributed by atoms with E-state index in [0.29, 0.717) is 12.5 Å². The summed E-state index contributed by atoms with van der Waals surface area (Å²) in [7, 11) is -2.97. The van der Waals surface area contributed by atoms with Crippen molar-refractivity contribution in [1.29, 1.82) is 0 Å². The summed E-state index contributed by atoms with van der Waals surface area (Å²) in [5, 5.41) is 3.06. The maximum Gasteiger partial charge on any atom is 0.208 e. The van der Waals surface area contributed by atoms with Gasteiger partial charge in [-0.05, 0) is 5.92 Å². The molecule has 0 amide bonds. The molecule has 60 valence electrons. The average molecular weight is 164 g/mol. The molecule has 0 radical (unpaired) electrons. The molecule has 0 bridgehead atoms. The molecule has 0 spiro atoms. The van der Waals surface area contributed by atoms with Crippen molar-refractivity contribution in [3.05, 3.63) is 0 Å². The minimum Gasteiger partial charge on any atom is -0.316 e. The first kappa shape index (κ1) is 7.97. The number of sulfonamides is 1. The fourth-order valence-electron chi connectivity index (χ4n) is 0.762. The summed E-state index contributed by atoms with van der Waals surface area (Å²) in [6.45, 7) is 2.44. The standard InChI is InChI=1S/C5H12N2O2S/c1-10(8,9)7-4-5-2-6-3-5/h5-7H,2-4H2,1H3. The molecule has 5 heteroatoms. The van der Waals surface area contributed by atoms with E-state index in [1.165, 1.54) is 6.26 Å². The normalized spacial score (nSPS) is 20.5. The van der Waals surface area contributed by atoms with Gasteiger partial charge in [-0.1, -0.05) is 0 Å². The highest BCUT2D eigenvalue weighted by Crippen LogP contribution is 1.99. The van der Waals surface area contributed by atoms with E-state index < -0.39 is 10.0 Å². The van der Waals surface area contributed by atoms with Crippen LogP contribution < -0.4 is 10.0 Å². The summed E-state index contributed by atoms with van der Waals surface area (Å²) < 4.78 is 23.5. The molecule has 1 fully saturated rings. The first-order chi connectivity index (χ1) is 4.58. The van der Waals surface area contributed by atoms with E-state index in [0.717, 1.165) is 13.1 Å². The van der Waals surface area contributed by atoms with E-state index in [9.17, 15) is 8.42 Å². The zero-order valence-corrected chi connectivity index (χ0v) is 6.74. The lowest BCUT2D eigenvalue weighted by Gasteiger charge is -2.26. The van der Waals surface area contributed by atoms with Gasteiger partial charge in [0.15, 0.2) is 0 Å². The highest BCUT2D eigenvalue weighted by Gasteiger charge is 2.17. The van der Waals surface area contributed by atoms with Gasteiger partial charge in [0.25, 0.3) is 0 Å². The van der Waals surface area contributed by atoms with Crippen LogP contribution in [0.2, 0.25) is 0 Å². The van der Waals surface area contributed by atoms with Crippen molar-refractivity contribution in [3.63, 3.8) is 0 Å². The lowest BCUT2D eigenvalue weighted by atomic mass is 10.1. The van der Waals surface area contributed by atoms with Gasteiger partial charge in [-0.15, -0.1) is 0 Å². The Morgan fingerprint density at radius 2 is 2.20 bits per heavy atom. The highest BCUT2D eigenvalue weighted by atomic mass is 32.2. The first-order valence-electron chi connectivity index (χ1n) is 3.23. The minimum absolute atomic E-state index is 0.495. The third-order valence-corrected chi connectivity index (χ3v) is 2.19. The van der Waals surface area contributed by atoms with Crippen LogP contribution in [0.15, 0.2) is 0 Å². The molecule has 10 heavy (non-hydrogen) atoms. The molecule has 1 heterocycles. The van der Waals surface area contributed by atoms with Crippen molar-refractivity contribution in [3.8, 4) is 0 Å². The third kappa shape index (κ3) is 2.64. The Balaban J connectivity index is 2.16. The maximum atomic E-state index is 10.5. The van der Waals surface area contributed by atoms with Crippen molar-refractivity contribution in [2.45, 2.75) is 0 Å². The second-order valence-electron chi connectivity index (χ2n) is 2.64. The summed E-state index contributed by atoms with van der Waals surface area (Å²) in [4.78, 5) is 0. The second kappa shape index (κ2) is 2.86. The highest BCUT2D eigenvalue weighted by molar-refractivity contribution is 7.88. The van der Waals surface area contributed by atoms with Gasteiger partial charge < -0.3 is 5.32 Å². The van der Waals surface area contributed by atoms with Crippen LogP contribution in [-0.2, 0) is 10.0 Å². The molecule has 1 aliphatic rings. The lowest BCUT2D eigenvalue weighted by molar-refractivity contribution is 0.347. The van der Waals surface area contributed by atoms with Crippen LogP contribution in [0.25, 0.3) is 0 Å². The first-order valence-corrected chi connectivity index (χ1v) is 5.12. The molecule has 0 aromatic heterocycles. The van der Waals surface area contributed by atoms with Crippen LogP contribution in [0.4, 0.5) is 0 Å². The van der Waals surface area contributed by atoms with Crippen LogP contribution in [0, 0.1) is 5.92 Å². The largest absolute Gasteiger partial charge is 0.316 e. The number of rotatable bonds is 3. The predicted octanol–water partition coefficient (Wildman–Crippen LogP) is -1.24. The summed E-state index contributed by atoms with van der Waals surface area (Å²) in [6, 6.07) is 0. The van der Waals surface area contributed by atoms with Crippen molar-refractivity contribution in [1.82, 2.24) is 10.0 Å². The van der Waals surface area contributed by atoms with Gasteiger partial charge in [-0.25, -0.2) is 13.1 Å². The van der Waals surface area contributed by atoms with Crippen LogP contribution in [-0.4, -0.2) is 34.3 Å². The fraction of sp³-hybridized carbons (Fsp3) is 1.00. The van der Waals surface area contributed by atoms with Gasteiger partial charge in [-0.3, -0.25) is 0 Å². The van der Waals surface area contributed by atoms with Crippen molar-refractivity contribution in [2.75, 3.05) is 25.9 Å². The summed E-state index contributed by atoms with van der Waals surface area (Å²) in [6.07, 6.45) is 1.18. The Hall–Kier alpha value is -0.130. The lowest BCUT2D eigenvalue weighted by Crippen LogP contribution is -2.47. The molecule has 4 nitrogen and oxygen atoms in total. The predicted molar refractivity (Wildman–Crippen MR) is 39.2 cm³/mol. The maximum absolute atomic E-state index is 10.5. The van der Waals surface area contributed by atoms with Gasteiger partial charge >= 0.3 is 0 Å². The van der Waals surface area contributed by atoms with Crippen molar-refractivity contribution >= 4 is 10.0 Å². The topological polar surface area (TPSA) is 58.2 Å². The van der Waals surface area contributed by atoms with Crippen LogP contribution in [0.5, 0.6) is 0 Å². The molecule has 0 aliphatic carbocycles. The Kier molecular flexibility index (Phi) is 2.28. The monoisotopic (exact) mass is 164 g/mol. The van der Waals surface area contributed by atoms with E-state index >= 15 is 0 Å². The van der Waals surface area contributed by atoms with Gasteiger partial charge in [0.2, 0.25) is 10.0 Å². The molecule has 1 saturated heterocycles. The third-order valence-electron chi connectivity index (χ3n) is 1.50. The second-order valence-corrected chi connectivity index (χ2v) is 4.48. The molecule has 0 aromatic rings. The van der Waals surface area contributed by atoms with Crippen LogP contribution in [0.1, 0.15) is 0 Å². The van der Waals surface area contributed by atoms with Crippen molar-refractivity contribution in [2.24, 2.45) is 5.92 Å². The van der Waals surface area contributed by atoms with E-state index in [1.54, 1.807) is 0 Å². The number of hydrogen-bond acceptors (Lipinski definition) is 3. The van der Waals surface area contributed by atoms with E-state index in [1.807, 2.05) is 0 Å². The molecular weight excluding hydrogens is 152 g/mol. The van der Waals surface area contributed by atoms with Crippen molar-refractivity contribution < 1.29 is 8.42 Å². The van der Waals surface area contributed by atoms with E-state index in [4.69, 9.17) is 0 Å². The Morgan fingerprint density at radius 3 is 2.50 bits per heavy atom. The van der Waals surface area contributed by atoms with E-state index in [-0.39, 0.29) is 0 Å². The Labute approximate surface area is 61.1 Å². The van der Waals surface area contributed by atoms with Gasteiger partial charge in [0.05, 0.1) is 6.26 Å². The molecule has 0 aromatic carbocycles. The van der Waals surface area contributed by atoms with Crippen LogP contribution in [0.3, 0.4) is 0 Å². The van der Waals surface area contributed by atoms with E-state index in [2.05, 4.69) is 10.0 Å². The summed E-state index contributed by atoms with van der Waals surface area (Å²) >= 11 is 0. The minimum atomic E-state index is -2.97. The number of hydrogen-bond donors (Lipinski definition) is 2. The smallest absolute Gasteiger partial charge is 0.208 e. The van der Waals surface area contributed by atoms with Gasteiger partial charge in [-0.2, -0.15) is 0 Å².